The minimum atomic E-state index is -0.0147. The molecule has 0 amide bonds. The average Bonchev–Trinajstić information content (AvgIpc) is 2.65. The van der Waals surface area contributed by atoms with Crippen molar-refractivity contribution < 1.29 is 4.79 Å². The van der Waals surface area contributed by atoms with E-state index >= 15 is 0 Å². The highest BCUT2D eigenvalue weighted by Gasteiger charge is 2.05. The van der Waals surface area contributed by atoms with Crippen molar-refractivity contribution in [3.63, 3.8) is 0 Å². The van der Waals surface area contributed by atoms with Gasteiger partial charge < -0.3 is 10.6 Å². The fourth-order valence-electron chi connectivity index (χ4n) is 2.51. The number of rotatable bonds is 6. The molecular weight excluding hydrogens is 308 g/mol. The molecule has 0 heterocycles. The van der Waals surface area contributed by atoms with E-state index in [1.165, 1.54) is 0 Å². The molecule has 0 bridgehead atoms. The highest BCUT2D eigenvalue weighted by atomic mass is 16.1. The van der Waals surface area contributed by atoms with Crippen LogP contribution in [0.4, 0.5) is 17.1 Å². The van der Waals surface area contributed by atoms with Crippen molar-refractivity contribution in [3.8, 4) is 0 Å². The smallest absolute Gasteiger partial charge is 0.187 e. The molecule has 25 heavy (non-hydrogen) atoms. The molecule has 3 aromatic rings. The van der Waals surface area contributed by atoms with E-state index in [0.717, 1.165) is 22.8 Å². The van der Waals surface area contributed by atoms with Crippen molar-refractivity contribution in [2.45, 2.75) is 6.92 Å². The monoisotopic (exact) mass is 328 g/mol. The standard InChI is InChI=1S/C22H20N2O/c1-17(16-22(25)18-10-4-2-5-11-18)23-20-14-8-9-15-21(20)24-19-12-6-3-7-13-19/h2-16,23-24H,1H3. The van der Waals surface area contributed by atoms with Crippen molar-refractivity contribution in [2.75, 3.05) is 10.6 Å². The maximum absolute atomic E-state index is 12.3. The summed E-state index contributed by atoms with van der Waals surface area (Å²) in [5.41, 5.74) is 4.35. The number of nitrogens with one attached hydrogen (secondary N) is 2. The third-order valence-corrected chi connectivity index (χ3v) is 3.72. The van der Waals surface area contributed by atoms with E-state index in [2.05, 4.69) is 10.6 Å². The lowest BCUT2D eigenvalue weighted by atomic mass is 10.1. The van der Waals surface area contributed by atoms with Crippen LogP contribution in [0.25, 0.3) is 0 Å². The van der Waals surface area contributed by atoms with Gasteiger partial charge in [-0.25, -0.2) is 0 Å². The Kier molecular flexibility index (Phi) is 5.27. The average molecular weight is 328 g/mol. The van der Waals surface area contributed by atoms with Gasteiger partial charge in [-0.05, 0) is 31.2 Å². The Hall–Kier alpha value is -3.33. The van der Waals surface area contributed by atoms with Gasteiger partial charge in [0.1, 0.15) is 0 Å². The number of benzene rings is 3. The number of para-hydroxylation sites is 3. The molecule has 2 N–H and O–H groups in total. The summed E-state index contributed by atoms with van der Waals surface area (Å²) >= 11 is 0. The predicted molar refractivity (Wildman–Crippen MR) is 104 cm³/mol. The second kappa shape index (κ2) is 7.97. The van der Waals surface area contributed by atoms with E-state index < -0.39 is 0 Å². The van der Waals surface area contributed by atoms with E-state index in [1.54, 1.807) is 6.08 Å². The van der Waals surface area contributed by atoms with Crippen LogP contribution >= 0.6 is 0 Å². The van der Waals surface area contributed by atoms with Crippen molar-refractivity contribution in [1.29, 1.82) is 0 Å². The van der Waals surface area contributed by atoms with E-state index in [0.29, 0.717) is 5.56 Å². The lowest BCUT2D eigenvalue weighted by Crippen LogP contribution is -2.03. The van der Waals surface area contributed by atoms with Crippen molar-refractivity contribution in [2.24, 2.45) is 0 Å². The van der Waals surface area contributed by atoms with Crippen molar-refractivity contribution >= 4 is 22.8 Å². The second-order valence-corrected chi connectivity index (χ2v) is 5.72. The Morgan fingerprint density at radius 2 is 1.32 bits per heavy atom. The normalized spacial score (nSPS) is 11.0. The number of carbonyl (C=O) groups excluding carboxylic acids is 1. The van der Waals surface area contributed by atoms with Gasteiger partial charge in [0.15, 0.2) is 5.78 Å². The maximum atomic E-state index is 12.3. The summed E-state index contributed by atoms with van der Waals surface area (Å²) in [5.74, 6) is -0.0147. The largest absolute Gasteiger partial charge is 0.357 e. The third kappa shape index (κ3) is 4.58. The molecule has 0 aliphatic rings. The number of anilines is 3. The van der Waals surface area contributed by atoms with Gasteiger partial charge in [-0.3, -0.25) is 4.79 Å². The van der Waals surface area contributed by atoms with Gasteiger partial charge in [0.25, 0.3) is 0 Å². The first-order valence-electron chi connectivity index (χ1n) is 8.18. The van der Waals surface area contributed by atoms with Crippen LogP contribution in [0.2, 0.25) is 0 Å². The van der Waals surface area contributed by atoms with Crippen LogP contribution in [0.1, 0.15) is 17.3 Å². The molecule has 3 heteroatoms. The summed E-state index contributed by atoms with van der Waals surface area (Å²) in [4.78, 5) is 12.3. The zero-order valence-electron chi connectivity index (χ0n) is 14.1. The van der Waals surface area contributed by atoms with Crippen LogP contribution in [0.5, 0.6) is 0 Å². The van der Waals surface area contributed by atoms with Gasteiger partial charge in [0.2, 0.25) is 0 Å². The minimum absolute atomic E-state index is 0.0147. The molecule has 0 atom stereocenters. The predicted octanol–water partition coefficient (Wildman–Crippen LogP) is 5.63. The first-order chi connectivity index (χ1) is 12.2. The molecular formula is C22H20N2O. The lowest BCUT2D eigenvalue weighted by molar-refractivity contribution is 0.104. The molecule has 0 saturated carbocycles. The molecule has 0 spiro atoms. The summed E-state index contributed by atoms with van der Waals surface area (Å²) in [6.07, 6.45) is 1.62. The van der Waals surface area contributed by atoms with Crippen LogP contribution in [0, 0.1) is 0 Å². The van der Waals surface area contributed by atoms with Crippen LogP contribution in [-0.2, 0) is 0 Å². The van der Waals surface area contributed by atoms with Gasteiger partial charge in [0.05, 0.1) is 11.4 Å². The number of allylic oxidation sites excluding steroid dienone is 2. The van der Waals surface area contributed by atoms with E-state index in [9.17, 15) is 4.79 Å². The zero-order chi connectivity index (χ0) is 17.5. The summed E-state index contributed by atoms with van der Waals surface area (Å²) in [6.45, 7) is 1.89. The molecule has 0 aliphatic carbocycles. The molecule has 0 fully saturated rings. The summed E-state index contributed by atoms with van der Waals surface area (Å²) in [6, 6.07) is 27.2. The summed E-state index contributed by atoms with van der Waals surface area (Å²) < 4.78 is 0. The van der Waals surface area contributed by atoms with E-state index in [4.69, 9.17) is 0 Å². The van der Waals surface area contributed by atoms with Crippen LogP contribution in [-0.4, -0.2) is 5.78 Å². The fraction of sp³-hybridized carbons (Fsp3) is 0.0455. The van der Waals surface area contributed by atoms with Crippen molar-refractivity contribution in [3.05, 3.63) is 102 Å². The molecule has 3 nitrogen and oxygen atoms in total. The first-order valence-corrected chi connectivity index (χ1v) is 8.18. The van der Waals surface area contributed by atoms with Gasteiger partial charge in [-0.2, -0.15) is 0 Å². The molecule has 0 aromatic heterocycles. The summed E-state index contributed by atoms with van der Waals surface area (Å²) in [7, 11) is 0. The number of carbonyl (C=O) groups is 1. The molecule has 0 aliphatic heterocycles. The number of hydrogen-bond acceptors (Lipinski definition) is 3. The highest BCUT2D eigenvalue weighted by Crippen LogP contribution is 2.26. The number of hydrogen-bond donors (Lipinski definition) is 2. The van der Waals surface area contributed by atoms with Crippen LogP contribution in [0.3, 0.4) is 0 Å². The SMILES string of the molecule is CC(=CC(=O)c1ccccc1)Nc1ccccc1Nc1ccccc1. The molecule has 3 rings (SSSR count). The van der Waals surface area contributed by atoms with E-state index in [1.807, 2.05) is 91.9 Å². The van der Waals surface area contributed by atoms with Crippen LogP contribution in [0.15, 0.2) is 96.7 Å². The Labute approximate surface area is 148 Å². The minimum Gasteiger partial charge on any atom is -0.357 e. The maximum Gasteiger partial charge on any atom is 0.187 e. The molecule has 124 valence electrons. The topological polar surface area (TPSA) is 41.1 Å². The summed E-state index contributed by atoms with van der Waals surface area (Å²) in [5, 5.41) is 6.70. The molecule has 0 saturated heterocycles. The quantitative estimate of drug-likeness (QED) is 0.455. The van der Waals surface area contributed by atoms with Gasteiger partial charge in [-0.1, -0.05) is 60.7 Å². The number of ketones is 1. The highest BCUT2D eigenvalue weighted by molar-refractivity contribution is 6.05. The van der Waals surface area contributed by atoms with Crippen molar-refractivity contribution in [1.82, 2.24) is 0 Å². The zero-order valence-corrected chi connectivity index (χ0v) is 14.1. The van der Waals surface area contributed by atoms with Gasteiger partial charge in [-0.15, -0.1) is 0 Å². The fourth-order valence-corrected chi connectivity index (χ4v) is 2.51. The Morgan fingerprint density at radius 3 is 2.00 bits per heavy atom. The molecule has 3 aromatic carbocycles. The van der Waals surface area contributed by atoms with Gasteiger partial charge in [0, 0.05) is 23.0 Å². The Morgan fingerprint density at radius 1 is 0.760 bits per heavy atom. The molecule has 0 unspecified atom stereocenters. The lowest BCUT2D eigenvalue weighted by Gasteiger charge is -2.14. The van der Waals surface area contributed by atoms with Crippen LogP contribution < -0.4 is 10.6 Å². The first kappa shape index (κ1) is 16.5. The van der Waals surface area contributed by atoms with E-state index in [-0.39, 0.29) is 5.78 Å². The second-order valence-electron chi connectivity index (χ2n) is 5.72. The Balaban J connectivity index is 1.76. The Bertz CT molecular complexity index is 871. The van der Waals surface area contributed by atoms with Gasteiger partial charge >= 0.3 is 0 Å². The third-order valence-electron chi connectivity index (χ3n) is 3.72. The molecule has 0 radical (unpaired) electrons.